The molecule has 7 heteroatoms. The Balaban J connectivity index is 1.97. The summed E-state index contributed by atoms with van der Waals surface area (Å²) in [5.74, 6) is -0.798. The van der Waals surface area contributed by atoms with Crippen molar-refractivity contribution in [2.24, 2.45) is 0 Å². The van der Waals surface area contributed by atoms with E-state index >= 15 is 0 Å². The zero-order chi connectivity index (χ0) is 14.5. The predicted octanol–water partition coefficient (Wildman–Crippen LogP) is 3.11. The molecule has 2 rings (SSSR count). The van der Waals surface area contributed by atoms with Crippen molar-refractivity contribution >= 4 is 39.9 Å². The van der Waals surface area contributed by atoms with Crippen LogP contribution in [0.1, 0.15) is 23.0 Å². The standard InChI is InChI=1S/C13H11ClN2O3S/c1-8(17)15-13-16-11(7-20-13)12(18)19-6-9-4-2-3-5-10(9)14/h2-5,7H,6H2,1H3,(H,15,16,17). The number of nitrogens with zero attached hydrogens (tertiary/aromatic N) is 1. The van der Waals surface area contributed by atoms with Crippen molar-refractivity contribution in [3.8, 4) is 0 Å². The Kier molecular flexibility index (Phi) is 4.70. The molecule has 0 aliphatic heterocycles. The topological polar surface area (TPSA) is 68.3 Å². The Morgan fingerprint density at radius 2 is 2.15 bits per heavy atom. The lowest BCUT2D eigenvalue weighted by Crippen LogP contribution is -2.08. The predicted molar refractivity (Wildman–Crippen MR) is 77.0 cm³/mol. The van der Waals surface area contributed by atoms with E-state index in [-0.39, 0.29) is 18.2 Å². The van der Waals surface area contributed by atoms with Gasteiger partial charge >= 0.3 is 5.97 Å². The van der Waals surface area contributed by atoms with Gasteiger partial charge in [0.25, 0.3) is 0 Å². The molecule has 0 radical (unpaired) electrons. The van der Waals surface area contributed by atoms with E-state index in [0.29, 0.717) is 10.2 Å². The maximum absolute atomic E-state index is 11.8. The minimum atomic E-state index is -0.558. The van der Waals surface area contributed by atoms with E-state index in [1.54, 1.807) is 18.2 Å². The van der Waals surface area contributed by atoms with E-state index in [4.69, 9.17) is 16.3 Å². The van der Waals surface area contributed by atoms with Gasteiger partial charge in [-0.1, -0.05) is 29.8 Å². The van der Waals surface area contributed by atoms with Crippen LogP contribution in [0.2, 0.25) is 5.02 Å². The first kappa shape index (κ1) is 14.5. The van der Waals surface area contributed by atoms with Gasteiger partial charge in [-0.25, -0.2) is 9.78 Å². The van der Waals surface area contributed by atoms with Crippen molar-refractivity contribution in [3.63, 3.8) is 0 Å². The number of esters is 1. The zero-order valence-electron chi connectivity index (χ0n) is 10.6. The van der Waals surface area contributed by atoms with Crippen LogP contribution >= 0.6 is 22.9 Å². The van der Waals surface area contributed by atoms with Crippen LogP contribution in [0, 0.1) is 0 Å². The Morgan fingerprint density at radius 1 is 1.40 bits per heavy atom. The Morgan fingerprint density at radius 3 is 2.85 bits per heavy atom. The molecule has 1 N–H and O–H groups in total. The zero-order valence-corrected chi connectivity index (χ0v) is 12.1. The van der Waals surface area contributed by atoms with E-state index in [2.05, 4.69) is 10.3 Å². The lowest BCUT2D eigenvalue weighted by molar-refractivity contribution is -0.114. The molecule has 2 aromatic rings. The fourth-order valence-corrected chi connectivity index (χ4v) is 2.32. The van der Waals surface area contributed by atoms with Gasteiger partial charge in [-0.2, -0.15) is 0 Å². The van der Waals surface area contributed by atoms with Crippen LogP contribution in [0.4, 0.5) is 5.13 Å². The number of carbonyl (C=O) groups excluding carboxylic acids is 2. The maximum Gasteiger partial charge on any atom is 0.358 e. The highest BCUT2D eigenvalue weighted by atomic mass is 35.5. The normalized spacial score (nSPS) is 10.1. The van der Waals surface area contributed by atoms with Crippen molar-refractivity contribution < 1.29 is 14.3 Å². The minimum absolute atomic E-state index is 0.0749. The molecule has 1 aromatic carbocycles. The van der Waals surface area contributed by atoms with E-state index in [9.17, 15) is 9.59 Å². The van der Waals surface area contributed by atoms with Gasteiger partial charge in [0.1, 0.15) is 6.61 Å². The molecule has 0 aliphatic rings. The molecule has 0 unspecified atom stereocenters. The summed E-state index contributed by atoms with van der Waals surface area (Å²) in [7, 11) is 0. The van der Waals surface area contributed by atoms with Crippen molar-refractivity contribution in [1.82, 2.24) is 4.98 Å². The van der Waals surface area contributed by atoms with Crippen LogP contribution in [0.3, 0.4) is 0 Å². The first-order chi connectivity index (χ1) is 9.56. The number of hydrogen-bond donors (Lipinski definition) is 1. The molecular formula is C13H11ClN2O3S. The molecule has 0 aliphatic carbocycles. The SMILES string of the molecule is CC(=O)Nc1nc(C(=O)OCc2ccccc2Cl)cs1. The molecule has 5 nitrogen and oxygen atoms in total. The van der Waals surface area contributed by atoms with Crippen LogP contribution in [-0.2, 0) is 16.1 Å². The molecule has 1 aromatic heterocycles. The van der Waals surface area contributed by atoms with E-state index in [0.717, 1.165) is 16.9 Å². The van der Waals surface area contributed by atoms with Gasteiger partial charge in [0, 0.05) is 22.9 Å². The second-order valence-electron chi connectivity index (χ2n) is 3.89. The van der Waals surface area contributed by atoms with E-state index < -0.39 is 5.97 Å². The smallest absolute Gasteiger partial charge is 0.358 e. The number of nitrogens with one attached hydrogen (secondary N) is 1. The number of hydrogen-bond acceptors (Lipinski definition) is 5. The number of halogens is 1. The summed E-state index contributed by atoms with van der Waals surface area (Å²) in [6, 6.07) is 7.11. The highest BCUT2D eigenvalue weighted by Crippen LogP contribution is 2.18. The number of aromatic nitrogens is 1. The number of thiazole rings is 1. The summed E-state index contributed by atoms with van der Waals surface area (Å²) in [6.45, 7) is 1.45. The molecule has 0 fully saturated rings. The van der Waals surface area contributed by atoms with Crippen molar-refractivity contribution in [3.05, 3.63) is 45.9 Å². The number of ether oxygens (including phenoxy) is 1. The third kappa shape index (κ3) is 3.79. The van der Waals surface area contributed by atoms with Crippen LogP contribution < -0.4 is 5.32 Å². The van der Waals surface area contributed by atoms with Gasteiger partial charge in [0.05, 0.1) is 0 Å². The van der Waals surface area contributed by atoms with E-state index in [1.807, 2.05) is 6.07 Å². The van der Waals surface area contributed by atoms with Gasteiger partial charge in [-0.15, -0.1) is 11.3 Å². The Labute approximate surface area is 124 Å². The van der Waals surface area contributed by atoms with Crippen LogP contribution in [-0.4, -0.2) is 16.9 Å². The first-order valence-corrected chi connectivity index (χ1v) is 6.95. The number of anilines is 1. The fraction of sp³-hybridized carbons (Fsp3) is 0.154. The summed E-state index contributed by atoms with van der Waals surface area (Å²) in [6.07, 6.45) is 0. The second kappa shape index (κ2) is 6.49. The molecule has 1 amide bonds. The molecule has 0 saturated carbocycles. The monoisotopic (exact) mass is 310 g/mol. The number of amides is 1. The molecule has 0 spiro atoms. The summed E-state index contributed by atoms with van der Waals surface area (Å²) < 4.78 is 5.12. The molecule has 20 heavy (non-hydrogen) atoms. The summed E-state index contributed by atoms with van der Waals surface area (Å²) >= 11 is 7.12. The molecular weight excluding hydrogens is 300 g/mol. The van der Waals surface area contributed by atoms with Crippen molar-refractivity contribution in [2.45, 2.75) is 13.5 Å². The quantitative estimate of drug-likeness (QED) is 0.881. The molecule has 1 heterocycles. The van der Waals surface area contributed by atoms with Crippen molar-refractivity contribution in [1.29, 1.82) is 0 Å². The highest BCUT2D eigenvalue weighted by molar-refractivity contribution is 7.14. The minimum Gasteiger partial charge on any atom is -0.456 e. The average Bonchev–Trinajstić information content (AvgIpc) is 2.85. The number of benzene rings is 1. The van der Waals surface area contributed by atoms with Crippen LogP contribution in [0.25, 0.3) is 0 Å². The van der Waals surface area contributed by atoms with Gasteiger partial charge in [-0.3, -0.25) is 4.79 Å². The fourth-order valence-electron chi connectivity index (χ4n) is 1.41. The van der Waals surface area contributed by atoms with Crippen LogP contribution in [0.5, 0.6) is 0 Å². The van der Waals surface area contributed by atoms with Crippen molar-refractivity contribution in [2.75, 3.05) is 5.32 Å². The second-order valence-corrected chi connectivity index (χ2v) is 5.15. The van der Waals surface area contributed by atoms with Gasteiger partial charge in [0.2, 0.25) is 5.91 Å². The van der Waals surface area contributed by atoms with Crippen LogP contribution in [0.15, 0.2) is 29.6 Å². The highest BCUT2D eigenvalue weighted by Gasteiger charge is 2.13. The lowest BCUT2D eigenvalue weighted by atomic mass is 10.2. The number of rotatable bonds is 4. The van der Waals surface area contributed by atoms with Gasteiger partial charge in [-0.05, 0) is 6.07 Å². The first-order valence-electron chi connectivity index (χ1n) is 5.70. The number of carbonyl (C=O) groups is 2. The lowest BCUT2D eigenvalue weighted by Gasteiger charge is -2.04. The van der Waals surface area contributed by atoms with E-state index in [1.165, 1.54) is 12.3 Å². The molecule has 0 atom stereocenters. The average molecular weight is 311 g/mol. The Bertz CT molecular complexity index is 642. The molecule has 104 valence electrons. The maximum atomic E-state index is 11.8. The summed E-state index contributed by atoms with van der Waals surface area (Å²) in [4.78, 5) is 26.6. The molecule has 0 saturated heterocycles. The third-order valence-corrected chi connectivity index (χ3v) is 3.44. The summed E-state index contributed by atoms with van der Waals surface area (Å²) in [5, 5.41) is 4.93. The Hall–Kier alpha value is -1.92. The third-order valence-electron chi connectivity index (χ3n) is 2.31. The molecule has 0 bridgehead atoms. The largest absolute Gasteiger partial charge is 0.456 e. The summed E-state index contributed by atoms with van der Waals surface area (Å²) in [5.41, 5.74) is 0.880. The van der Waals surface area contributed by atoms with Gasteiger partial charge < -0.3 is 10.1 Å². The van der Waals surface area contributed by atoms with Gasteiger partial charge in [0.15, 0.2) is 10.8 Å².